The molecule has 0 saturated carbocycles. The first-order valence-electron chi connectivity index (χ1n) is 7.68. The SMILES string of the molecule is COc1ccc(C(=O)[NH+]([O-])c2ccncc2)c2c1oc1ccccc12. The molecule has 0 spiro atoms. The topological polar surface area (TPSA) is 79.8 Å². The first-order valence-corrected chi connectivity index (χ1v) is 7.68. The van der Waals surface area contributed by atoms with E-state index in [1.165, 1.54) is 31.6 Å². The number of para-hydroxylation sites is 1. The van der Waals surface area contributed by atoms with E-state index in [1.54, 1.807) is 12.1 Å². The normalized spacial score (nSPS) is 12.4. The molecule has 6 nitrogen and oxygen atoms in total. The van der Waals surface area contributed by atoms with Gasteiger partial charge in [-0.25, -0.2) is 4.79 Å². The van der Waals surface area contributed by atoms with Crippen molar-refractivity contribution in [2.24, 2.45) is 0 Å². The van der Waals surface area contributed by atoms with Gasteiger partial charge in [0.05, 0.1) is 12.7 Å². The quantitative estimate of drug-likeness (QED) is 0.583. The molecule has 0 bridgehead atoms. The summed E-state index contributed by atoms with van der Waals surface area (Å²) in [6.07, 6.45) is 2.97. The van der Waals surface area contributed by atoms with Crippen LogP contribution in [0.1, 0.15) is 10.4 Å². The number of furan rings is 1. The van der Waals surface area contributed by atoms with Gasteiger partial charge in [-0.1, -0.05) is 18.2 Å². The molecule has 1 N–H and O–H groups in total. The summed E-state index contributed by atoms with van der Waals surface area (Å²) in [5.74, 6) is -0.0792. The maximum Gasteiger partial charge on any atom is 0.350 e. The number of hydrogen-bond donors (Lipinski definition) is 1. The molecule has 1 amide bonds. The van der Waals surface area contributed by atoms with Crippen molar-refractivity contribution in [2.45, 2.75) is 0 Å². The first kappa shape index (κ1) is 15.3. The number of pyridine rings is 1. The number of carbonyl (C=O) groups excluding carboxylic acids is 1. The van der Waals surface area contributed by atoms with Crippen molar-refractivity contribution in [3.05, 3.63) is 71.7 Å². The van der Waals surface area contributed by atoms with Crippen LogP contribution in [0.5, 0.6) is 5.75 Å². The van der Waals surface area contributed by atoms with Crippen molar-refractivity contribution < 1.29 is 19.0 Å². The van der Waals surface area contributed by atoms with Crippen LogP contribution in [-0.4, -0.2) is 18.0 Å². The largest absolute Gasteiger partial charge is 0.621 e. The fraction of sp³-hybridized carbons (Fsp3) is 0.0526. The zero-order chi connectivity index (χ0) is 17.4. The van der Waals surface area contributed by atoms with Crippen molar-refractivity contribution in [3.63, 3.8) is 0 Å². The highest BCUT2D eigenvalue weighted by Gasteiger charge is 2.24. The molecule has 0 aliphatic rings. The van der Waals surface area contributed by atoms with Gasteiger partial charge in [-0.3, -0.25) is 10.0 Å². The zero-order valence-corrected chi connectivity index (χ0v) is 13.4. The number of hydrogen-bond acceptors (Lipinski definition) is 5. The van der Waals surface area contributed by atoms with Gasteiger partial charge in [0.25, 0.3) is 0 Å². The van der Waals surface area contributed by atoms with Gasteiger partial charge in [-0.2, -0.15) is 0 Å². The van der Waals surface area contributed by atoms with Gasteiger partial charge in [0, 0.05) is 35.3 Å². The van der Waals surface area contributed by atoms with E-state index in [2.05, 4.69) is 4.98 Å². The third kappa shape index (κ3) is 2.44. The molecule has 0 fully saturated rings. The molecule has 0 aliphatic carbocycles. The maximum absolute atomic E-state index is 12.8. The second kappa shape index (κ2) is 6.01. The molecule has 0 aliphatic heterocycles. The molecule has 124 valence electrons. The molecule has 25 heavy (non-hydrogen) atoms. The molecule has 2 aromatic heterocycles. The van der Waals surface area contributed by atoms with E-state index in [0.29, 0.717) is 33.6 Å². The summed E-state index contributed by atoms with van der Waals surface area (Å²) >= 11 is 0. The smallest absolute Gasteiger partial charge is 0.350 e. The molecule has 4 aromatic rings. The first-order chi connectivity index (χ1) is 12.2. The number of amides is 1. The lowest BCUT2D eigenvalue weighted by molar-refractivity contribution is -0.679. The van der Waals surface area contributed by atoms with Crippen LogP contribution in [-0.2, 0) is 0 Å². The molecule has 2 aromatic carbocycles. The van der Waals surface area contributed by atoms with E-state index >= 15 is 0 Å². The summed E-state index contributed by atoms with van der Waals surface area (Å²) in [6.45, 7) is 0. The number of methoxy groups -OCH3 is 1. The molecule has 0 saturated heterocycles. The van der Waals surface area contributed by atoms with Crippen LogP contribution in [0, 0.1) is 5.21 Å². The number of nitrogens with one attached hydrogen (secondary N) is 1. The van der Waals surface area contributed by atoms with Gasteiger partial charge >= 0.3 is 5.91 Å². The predicted octanol–water partition coefficient (Wildman–Crippen LogP) is 2.84. The highest BCUT2D eigenvalue weighted by molar-refractivity contribution is 6.16. The maximum atomic E-state index is 12.8. The minimum Gasteiger partial charge on any atom is -0.621 e. The Kier molecular flexibility index (Phi) is 3.68. The molecule has 2 heterocycles. The second-order valence-corrected chi connectivity index (χ2v) is 5.51. The van der Waals surface area contributed by atoms with E-state index in [4.69, 9.17) is 9.15 Å². The minimum atomic E-state index is -0.592. The molecular weight excluding hydrogens is 320 g/mol. The predicted molar refractivity (Wildman–Crippen MR) is 92.8 cm³/mol. The number of fused-ring (bicyclic) bond motifs is 3. The standard InChI is InChI=1S/C19H14N2O4/c1-24-16-7-6-14(19(22)21(23)12-8-10-20-11-9-12)17-13-4-2-3-5-15(13)25-18(16)17/h2-11,21H,1H3. The molecule has 6 heteroatoms. The van der Waals surface area contributed by atoms with E-state index < -0.39 is 11.0 Å². The fourth-order valence-corrected chi connectivity index (χ4v) is 2.91. The van der Waals surface area contributed by atoms with Gasteiger partial charge in [-0.05, 0) is 18.2 Å². The minimum absolute atomic E-state index is 0.294. The van der Waals surface area contributed by atoms with Gasteiger partial charge in [-0.15, -0.1) is 0 Å². The third-order valence-electron chi connectivity index (χ3n) is 4.10. The third-order valence-corrected chi connectivity index (χ3v) is 4.10. The van der Waals surface area contributed by atoms with Crippen molar-refractivity contribution in [1.29, 1.82) is 0 Å². The van der Waals surface area contributed by atoms with Gasteiger partial charge in [0.1, 0.15) is 11.3 Å². The summed E-state index contributed by atoms with van der Waals surface area (Å²) < 4.78 is 11.2. The summed E-state index contributed by atoms with van der Waals surface area (Å²) in [7, 11) is 1.53. The molecule has 1 atom stereocenters. The Bertz CT molecular complexity index is 1070. The van der Waals surface area contributed by atoms with E-state index in [1.807, 2.05) is 24.3 Å². The lowest BCUT2D eigenvalue weighted by Gasteiger charge is -2.19. The van der Waals surface area contributed by atoms with Gasteiger partial charge in [0.15, 0.2) is 11.3 Å². The van der Waals surface area contributed by atoms with E-state index in [0.717, 1.165) is 5.39 Å². The highest BCUT2D eigenvalue weighted by atomic mass is 16.5. The Morgan fingerprint density at radius 1 is 1.12 bits per heavy atom. The van der Waals surface area contributed by atoms with Crippen LogP contribution >= 0.6 is 0 Å². The number of carbonyl (C=O) groups is 1. The number of aromatic nitrogens is 1. The number of nitrogens with zero attached hydrogens (tertiary/aromatic N) is 1. The number of hydroxylamine groups is 1. The Hall–Kier alpha value is -3.22. The lowest BCUT2D eigenvalue weighted by Crippen LogP contribution is -3.05. The number of quaternary nitrogens is 1. The van der Waals surface area contributed by atoms with Crippen LogP contribution in [0.25, 0.3) is 21.9 Å². The van der Waals surface area contributed by atoms with Crippen molar-refractivity contribution in [3.8, 4) is 5.75 Å². The molecule has 0 radical (unpaired) electrons. The van der Waals surface area contributed by atoms with E-state index in [-0.39, 0.29) is 0 Å². The Morgan fingerprint density at radius 3 is 2.64 bits per heavy atom. The van der Waals surface area contributed by atoms with Gasteiger partial charge < -0.3 is 14.4 Å². The highest BCUT2D eigenvalue weighted by Crippen LogP contribution is 2.36. The molecule has 4 rings (SSSR count). The van der Waals surface area contributed by atoms with E-state index in [9.17, 15) is 10.0 Å². The van der Waals surface area contributed by atoms with Crippen molar-refractivity contribution in [1.82, 2.24) is 4.98 Å². The Balaban J connectivity index is 1.94. The Labute approximate surface area is 142 Å². The lowest BCUT2D eigenvalue weighted by atomic mass is 10.0. The number of benzene rings is 2. The summed E-state index contributed by atoms with van der Waals surface area (Å²) in [4.78, 5) is 16.7. The Morgan fingerprint density at radius 2 is 1.88 bits per heavy atom. The van der Waals surface area contributed by atoms with Crippen LogP contribution in [0.2, 0.25) is 0 Å². The fourth-order valence-electron chi connectivity index (χ4n) is 2.91. The van der Waals surface area contributed by atoms with Crippen LogP contribution < -0.4 is 9.80 Å². The monoisotopic (exact) mass is 334 g/mol. The van der Waals surface area contributed by atoms with Crippen LogP contribution in [0.15, 0.2) is 65.3 Å². The summed E-state index contributed by atoms with van der Waals surface area (Å²) in [5, 5.41) is 13.3. The average Bonchev–Trinajstić information content (AvgIpc) is 3.06. The second-order valence-electron chi connectivity index (χ2n) is 5.51. The van der Waals surface area contributed by atoms with Gasteiger partial charge in [0.2, 0.25) is 0 Å². The molecular formula is C19H14N2O4. The zero-order valence-electron chi connectivity index (χ0n) is 13.4. The van der Waals surface area contributed by atoms with Crippen molar-refractivity contribution in [2.75, 3.05) is 7.11 Å². The number of ether oxygens (including phenoxy) is 1. The summed E-state index contributed by atoms with van der Waals surface area (Å²) in [5.41, 5.74) is 1.68. The summed E-state index contributed by atoms with van der Waals surface area (Å²) in [6, 6.07) is 13.7. The van der Waals surface area contributed by atoms with Crippen LogP contribution in [0.4, 0.5) is 5.69 Å². The average molecular weight is 334 g/mol. The van der Waals surface area contributed by atoms with Crippen molar-refractivity contribution >= 4 is 33.5 Å². The molecule has 1 unspecified atom stereocenters. The van der Waals surface area contributed by atoms with Crippen LogP contribution in [0.3, 0.4) is 0 Å². The number of rotatable bonds is 3.